The van der Waals surface area contributed by atoms with Crippen LogP contribution in [0.3, 0.4) is 0 Å². The van der Waals surface area contributed by atoms with Crippen LogP contribution in [0.4, 0.5) is 5.69 Å². The fourth-order valence-corrected chi connectivity index (χ4v) is 3.46. The Kier molecular flexibility index (Phi) is 4.76. The van der Waals surface area contributed by atoms with E-state index in [9.17, 15) is 14.4 Å². The molecule has 0 bridgehead atoms. The van der Waals surface area contributed by atoms with E-state index in [4.69, 9.17) is 4.74 Å². The summed E-state index contributed by atoms with van der Waals surface area (Å²) in [5.41, 5.74) is 1.42. The number of hydrogen-bond acceptors (Lipinski definition) is 4. The number of carbonyl (C=O) groups is 3. The molecule has 0 aromatic heterocycles. The van der Waals surface area contributed by atoms with Gasteiger partial charge in [0.2, 0.25) is 5.91 Å². The number of imide groups is 1. The van der Waals surface area contributed by atoms with Crippen LogP contribution in [0.5, 0.6) is 5.75 Å². The van der Waals surface area contributed by atoms with Crippen LogP contribution in [0.1, 0.15) is 34.6 Å². The molecule has 1 aliphatic rings. The van der Waals surface area contributed by atoms with Gasteiger partial charge in [-0.2, -0.15) is 0 Å². The number of nitrogens with zero attached hydrogens (tertiary/aromatic N) is 1. The first-order chi connectivity index (χ1) is 13.9. The molecule has 4 rings (SSSR count). The molecule has 146 valence electrons. The molecule has 0 fully saturated rings. The van der Waals surface area contributed by atoms with Gasteiger partial charge in [0, 0.05) is 22.2 Å². The van der Waals surface area contributed by atoms with Crippen molar-refractivity contribution in [1.29, 1.82) is 0 Å². The molecule has 3 amide bonds. The lowest BCUT2D eigenvalue weighted by Gasteiger charge is -2.26. The number of benzene rings is 3. The summed E-state index contributed by atoms with van der Waals surface area (Å²) in [6.45, 7) is 3.51. The van der Waals surface area contributed by atoms with E-state index in [0.717, 1.165) is 10.3 Å². The van der Waals surface area contributed by atoms with Crippen LogP contribution in [-0.2, 0) is 4.79 Å². The first-order valence-corrected chi connectivity index (χ1v) is 9.38. The van der Waals surface area contributed by atoms with E-state index in [2.05, 4.69) is 5.32 Å². The molecule has 0 spiro atoms. The van der Waals surface area contributed by atoms with Crippen LogP contribution in [0, 0.1) is 0 Å². The predicted molar refractivity (Wildman–Crippen MR) is 110 cm³/mol. The Morgan fingerprint density at radius 1 is 0.931 bits per heavy atom. The van der Waals surface area contributed by atoms with Gasteiger partial charge in [0.15, 0.2) is 0 Å². The van der Waals surface area contributed by atoms with Gasteiger partial charge >= 0.3 is 0 Å². The van der Waals surface area contributed by atoms with Gasteiger partial charge in [-0.1, -0.05) is 24.3 Å². The lowest BCUT2D eigenvalue weighted by atomic mass is 9.94. The Bertz CT molecular complexity index is 1070. The number of rotatable bonds is 5. The number of carbonyl (C=O) groups excluding carboxylic acids is 3. The van der Waals surface area contributed by atoms with E-state index >= 15 is 0 Å². The molecular weight excluding hydrogens is 368 g/mol. The van der Waals surface area contributed by atoms with Gasteiger partial charge in [-0.15, -0.1) is 0 Å². The Morgan fingerprint density at radius 3 is 2.07 bits per heavy atom. The Balaban J connectivity index is 1.52. The average Bonchev–Trinajstić information content (AvgIpc) is 2.70. The number of nitrogens with one attached hydrogen (secondary N) is 1. The summed E-state index contributed by atoms with van der Waals surface area (Å²) < 4.78 is 5.57. The Hall–Kier alpha value is -3.67. The van der Waals surface area contributed by atoms with Crippen molar-refractivity contribution in [2.24, 2.45) is 0 Å². The van der Waals surface area contributed by atoms with Crippen molar-refractivity contribution >= 4 is 34.2 Å². The van der Waals surface area contributed by atoms with Crippen molar-refractivity contribution in [2.75, 3.05) is 11.9 Å². The second kappa shape index (κ2) is 7.39. The second-order valence-corrected chi connectivity index (χ2v) is 7.14. The lowest BCUT2D eigenvalue weighted by Crippen LogP contribution is -2.44. The molecule has 1 N–H and O–H groups in total. The summed E-state index contributed by atoms with van der Waals surface area (Å²) in [4.78, 5) is 39.2. The number of anilines is 1. The first kappa shape index (κ1) is 18.7. The normalized spacial score (nSPS) is 13.1. The molecule has 1 heterocycles. The van der Waals surface area contributed by atoms with Gasteiger partial charge in [-0.05, 0) is 55.6 Å². The first-order valence-electron chi connectivity index (χ1n) is 9.38. The number of hydrogen-bond donors (Lipinski definition) is 1. The highest BCUT2D eigenvalue weighted by molar-refractivity contribution is 6.26. The molecule has 6 nitrogen and oxygen atoms in total. The maximum Gasteiger partial charge on any atom is 0.261 e. The van der Waals surface area contributed by atoms with E-state index in [1.165, 1.54) is 0 Å². The molecule has 0 radical (unpaired) electrons. The average molecular weight is 388 g/mol. The van der Waals surface area contributed by atoms with E-state index in [1.807, 2.05) is 26.0 Å². The fraction of sp³-hybridized carbons (Fsp3) is 0.174. The van der Waals surface area contributed by atoms with Gasteiger partial charge in [0.05, 0.1) is 6.10 Å². The van der Waals surface area contributed by atoms with Gasteiger partial charge in [-0.3, -0.25) is 19.3 Å². The molecular formula is C23H20N2O4. The number of amides is 3. The largest absolute Gasteiger partial charge is 0.491 e. The summed E-state index contributed by atoms with van der Waals surface area (Å²) >= 11 is 0. The Morgan fingerprint density at radius 2 is 1.52 bits per heavy atom. The zero-order valence-electron chi connectivity index (χ0n) is 16.1. The van der Waals surface area contributed by atoms with E-state index < -0.39 is 17.7 Å². The van der Waals surface area contributed by atoms with Crippen LogP contribution in [-0.4, -0.2) is 35.3 Å². The lowest BCUT2D eigenvalue weighted by molar-refractivity contribution is -0.116. The maximum atomic E-state index is 12.9. The highest BCUT2D eigenvalue weighted by Crippen LogP contribution is 2.29. The quantitative estimate of drug-likeness (QED) is 0.674. The second-order valence-electron chi connectivity index (χ2n) is 7.14. The molecule has 1 aliphatic heterocycles. The molecule has 0 saturated carbocycles. The van der Waals surface area contributed by atoms with Crippen LogP contribution in [0.25, 0.3) is 10.8 Å². The molecule has 0 unspecified atom stereocenters. The van der Waals surface area contributed by atoms with Gasteiger partial charge in [0.1, 0.15) is 12.3 Å². The molecule has 0 saturated heterocycles. The highest BCUT2D eigenvalue weighted by Gasteiger charge is 2.33. The molecule has 6 heteroatoms. The van der Waals surface area contributed by atoms with E-state index in [-0.39, 0.29) is 12.6 Å². The highest BCUT2D eigenvalue weighted by atomic mass is 16.5. The van der Waals surface area contributed by atoms with Gasteiger partial charge in [0.25, 0.3) is 11.8 Å². The van der Waals surface area contributed by atoms with Crippen molar-refractivity contribution in [1.82, 2.24) is 4.90 Å². The third-order valence-electron chi connectivity index (χ3n) is 4.67. The topological polar surface area (TPSA) is 75.7 Å². The molecule has 29 heavy (non-hydrogen) atoms. The standard InChI is InChI=1S/C23H20N2O4/c1-14(2)29-17-11-9-16(10-12-17)24-20(26)13-25-22(27)18-7-3-5-15-6-4-8-19(21(15)18)23(25)28/h3-12,14H,13H2,1-2H3,(H,24,26). The summed E-state index contributed by atoms with van der Waals surface area (Å²) in [7, 11) is 0. The third kappa shape index (κ3) is 3.57. The van der Waals surface area contributed by atoms with Gasteiger partial charge < -0.3 is 10.1 Å². The van der Waals surface area contributed by atoms with Crippen LogP contribution >= 0.6 is 0 Å². The molecule has 0 atom stereocenters. The van der Waals surface area contributed by atoms with Crippen molar-refractivity contribution in [3.63, 3.8) is 0 Å². The molecule has 0 aliphatic carbocycles. The summed E-state index contributed by atoms with van der Waals surface area (Å²) in [5, 5.41) is 4.19. The maximum absolute atomic E-state index is 12.9. The molecule has 3 aromatic carbocycles. The minimum absolute atomic E-state index is 0.0545. The fourth-order valence-electron chi connectivity index (χ4n) is 3.46. The zero-order valence-corrected chi connectivity index (χ0v) is 16.1. The monoisotopic (exact) mass is 388 g/mol. The van der Waals surface area contributed by atoms with E-state index in [1.54, 1.807) is 48.5 Å². The van der Waals surface area contributed by atoms with Crippen LogP contribution in [0.2, 0.25) is 0 Å². The predicted octanol–water partition coefficient (Wildman–Crippen LogP) is 3.86. The van der Waals surface area contributed by atoms with Crippen LogP contribution in [0.15, 0.2) is 60.7 Å². The minimum Gasteiger partial charge on any atom is -0.491 e. The van der Waals surface area contributed by atoms with Crippen molar-refractivity contribution in [2.45, 2.75) is 20.0 Å². The Labute approximate surface area is 168 Å². The van der Waals surface area contributed by atoms with Crippen molar-refractivity contribution in [3.05, 3.63) is 71.8 Å². The zero-order chi connectivity index (χ0) is 20.5. The van der Waals surface area contributed by atoms with Crippen molar-refractivity contribution in [3.8, 4) is 5.75 Å². The molecule has 3 aromatic rings. The third-order valence-corrected chi connectivity index (χ3v) is 4.67. The van der Waals surface area contributed by atoms with E-state index in [0.29, 0.717) is 28.0 Å². The number of ether oxygens (including phenoxy) is 1. The smallest absolute Gasteiger partial charge is 0.261 e. The summed E-state index contributed by atoms with van der Waals surface area (Å²) in [6.07, 6.45) is 0.0545. The van der Waals surface area contributed by atoms with Crippen LogP contribution < -0.4 is 10.1 Å². The summed E-state index contributed by atoms with van der Waals surface area (Å²) in [6, 6.07) is 17.6. The van der Waals surface area contributed by atoms with Gasteiger partial charge in [-0.25, -0.2) is 0 Å². The summed E-state index contributed by atoms with van der Waals surface area (Å²) in [5.74, 6) is -0.676. The SMILES string of the molecule is CC(C)Oc1ccc(NC(=O)CN2C(=O)c3cccc4cccc(c34)C2=O)cc1. The van der Waals surface area contributed by atoms with Crippen molar-refractivity contribution < 1.29 is 19.1 Å². The minimum atomic E-state index is -0.463.